The van der Waals surface area contributed by atoms with E-state index in [4.69, 9.17) is 4.74 Å². The van der Waals surface area contributed by atoms with Crippen LogP contribution >= 0.6 is 15.9 Å². The molecule has 2 aromatic carbocycles. The van der Waals surface area contributed by atoms with Crippen LogP contribution in [0.3, 0.4) is 0 Å². The summed E-state index contributed by atoms with van der Waals surface area (Å²) < 4.78 is 6.34. The highest BCUT2D eigenvalue weighted by atomic mass is 79.9. The Kier molecular flexibility index (Phi) is 5.90. The van der Waals surface area contributed by atoms with Crippen molar-refractivity contribution in [3.8, 4) is 0 Å². The molecule has 30 heavy (non-hydrogen) atoms. The predicted octanol–water partition coefficient (Wildman–Crippen LogP) is 3.94. The van der Waals surface area contributed by atoms with Crippen LogP contribution in [0, 0.1) is 5.41 Å². The number of carbonyl (C=O) groups is 3. The molecule has 1 heterocycles. The number of ketones is 1. The van der Waals surface area contributed by atoms with Gasteiger partial charge in [0.15, 0.2) is 5.78 Å². The van der Waals surface area contributed by atoms with Crippen LogP contribution in [0.5, 0.6) is 0 Å². The monoisotopic (exact) mass is 470 g/mol. The molecule has 0 bridgehead atoms. The molecule has 0 aromatic heterocycles. The Balaban J connectivity index is 1.35. The van der Waals surface area contributed by atoms with Gasteiger partial charge in [0, 0.05) is 16.6 Å². The van der Waals surface area contributed by atoms with Crippen molar-refractivity contribution in [3.63, 3.8) is 0 Å². The second-order valence-electron chi connectivity index (χ2n) is 8.04. The summed E-state index contributed by atoms with van der Waals surface area (Å²) >= 11 is 3.34. The number of ether oxygens (including phenoxy) is 1. The number of carbonyl (C=O) groups excluding carboxylic acids is 3. The number of hydrogen-bond donors (Lipinski definition) is 1. The molecule has 6 nitrogen and oxygen atoms in total. The topological polar surface area (TPSA) is 75.7 Å². The molecular formula is C23H23BrN2O4. The fourth-order valence-corrected chi connectivity index (χ4v) is 4.11. The zero-order chi connectivity index (χ0) is 21.1. The van der Waals surface area contributed by atoms with Crippen LogP contribution in [-0.4, -0.2) is 41.8 Å². The molecule has 1 N–H and O–H groups in total. The van der Waals surface area contributed by atoms with Gasteiger partial charge in [-0.1, -0.05) is 58.4 Å². The first-order valence-corrected chi connectivity index (χ1v) is 10.8. The molecule has 1 saturated carbocycles. The highest BCUT2D eigenvalue weighted by molar-refractivity contribution is 9.10. The van der Waals surface area contributed by atoms with Crippen molar-refractivity contribution in [1.29, 1.82) is 0 Å². The summed E-state index contributed by atoms with van der Waals surface area (Å²) in [6.45, 7) is 0.593. The minimum Gasteiger partial charge on any atom is -0.445 e. The minimum atomic E-state index is -0.603. The van der Waals surface area contributed by atoms with Crippen molar-refractivity contribution < 1.29 is 19.1 Å². The average molecular weight is 471 g/mol. The van der Waals surface area contributed by atoms with Gasteiger partial charge in [0.25, 0.3) is 0 Å². The van der Waals surface area contributed by atoms with Crippen LogP contribution < -0.4 is 5.32 Å². The SMILES string of the molecule is O=C(CNC(=O)C1CC2(CC2)CN1C(=O)OCc1ccccc1)c1ccc(Br)cc1. The van der Waals surface area contributed by atoms with E-state index < -0.39 is 12.1 Å². The number of rotatable bonds is 6. The number of Topliss-reactive ketones (excluding diaryl/α,β-unsaturated/α-hetero) is 1. The molecule has 4 rings (SSSR count). The van der Waals surface area contributed by atoms with Gasteiger partial charge in [0.1, 0.15) is 12.6 Å². The highest BCUT2D eigenvalue weighted by Crippen LogP contribution is 2.54. The van der Waals surface area contributed by atoms with Crippen LogP contribution in [0.15, 0.2) is 59.1 Å². The summed E-state index contributed by atoms with van der Waals surface area (Å²) in [7, 11) is 0. The molecule has 7 heteroatoms. The van der Waals surface area contributed by atoms with Gasteiger partial charge in [-0.05, 0) is 42.4 Å². The van der Waals surface area contributed by atoms with Gasteiger partial charge in [-0.3, -0.25) is 14.5 Å². The maximum absolute atomic E-state index is 12.8. The largest absolute Gasteiger partial charge is 0.445 e. The van der Waals surface area contributed by atoms with E-state index in [1.807, 2.05) is 30.3 Å². The quantitative estimate of drug-likeness (QED) is 0.648. The fourth-order valence-electron chi connectivity index (χ4n) is 3.85. The van der Waals surface area contributed by atoms with E-state index in [0.717, 1.165) is 22.9 Å². The molecule has 2 amide bonds. The highest BCUT2D eigenvalue weighted by Gasteiger charge is 2.55. The van der Waals surface area contributed by atoms with E-state index in [1.54, 1.807) is 24.3 Å². The molecule has 1 atom stereocenters. The molecule has 1 aliphatic heterocycles. The van der Waals surface area contributed by atoms with Crippen LogP contribution in [0.1, 0.15) is 35.2 Å². The van der Waals surface area contributed by atoms with Crippen LogP contribution in [0.25, 0.3) is 0 Å². The van der Waals surface area contributed by atoms with Gasteiger partial charge in [-0.15, -0.1) is 0 Å². The van der Waals surface area contributed by atoms with Crippen molar-refractivity contribution >= 4 is 33.7 Å². The first kappa shape index (κ1) is 20.6. The average Bonchev–Trinajstić information content (AvgIpc) is 3.41. The Morgan fingerprint density at radius 3 is 2.43 bits per heavy atom. The van der Waals surface area contributed by atoms with Crippen LogP contribution in [0.2, 0.25) is 0 Å². The lowest BCUT2D eigenvalue weighted by Crippen LogP contribution is -2.47. The van der Waals surface area contributed by atoms with Gasteiger partial charge >= 0.3 is 6.09 Å². The Morgan fingerprint density at radius 2 is 1.77 bits per heavy atom. The van der Waals surface area contributed by atoms with Crippen molar-refractivity contribution in [3.05, 3.63) is 70.2 Å². The van der Waals surface area contributed by atoms with E-state index in [1.165, 1.54) is 4.90 Å². The summed E-state index contributed by atoms with van der Waals surface area (Å²) in [6, 6.07) is 15.8. The third-order valence-corrected chi connectivity index (χ3v) is 6.33. The number of benzene rings is 2. The van der Waals surface area contributed by atoms with Gasteiger partial charge < -0.3 is 10.1 Å². The molecule has 2 aromatic rings. The first-order valence-electron chi connectivity index (χ1n) is 10.00. The van der Waals surface area contributed by atoms with E-state index >= 15 is 0 Å². The molecule has 156 valence electrons. The molecule has 2 aliphatic rings. The standard InChI is InChI=1S/C23H23BrN2O4/c24-18-8-6-17(7-9-18)20(27)13-25-21(28)19-12-23(10-11-23)15-26(19)22(29)30-14-16-4-2-1-3-5-16/h1-9,19H,10-15H2,(H,25,28). The normalized spacial score (nSPS) is 18.8. The van der Waals surface area contributed by atoms with E-state index in [0.29, 0.717) is 18.5 Å². The van der Waals surface area contributed by atoms with Gasteiger partial charge in [-0.2, -0.15) is 0 Å². The second-order valence-corrected chi connectivity index (χ2v) is 8.95. The van der Waals surface area contributed by atoms with Gasteiger partial charge in [0.05, 0.1) is 6.54 Å². The predicted molar refractivity (Wildman–Crippen MR) is 115 cm³/mol. The van der Waals surface area contributed by atoms with Crippen LogP contribution in [0.4, 0.5) is 4.79 Å². The summed E-state index contributed by atoms with van der Waals surface area (Å²) in [4.78, 5) is 39.4. The lowest BCUT2D eigenvalue weighted by Gasteiger charge is -2.23. The maximum atomic E-state index is 12.8. The Morgan fingerprint density at radius 1 is 1.07 bits per heavy atom. The van der Waals surface area contributed by atoms with Crippen molar-refractivity contribution in [2.24, 2.45) is 5.41 Å². The van der Waals surface area contributed by atoms with Crippen molar-refractivity contribution in [2.45, 2.75) is 31.9 Å². The minimum absolute atomic E-state index is 0.0312. The Hall–Kier alpha value is -2.67. The van der Waals surface area contributed by atoms with Crippen molar-refractivity contribution in [2.75, 3.05) is 13.1 Å². The zero-order valence-electron chi connectivity index (χ0n) is 16.5. The maximum Gasteiger partial charge on any atom is 0.410 e. The summed E-state index contributed by atoms with van der Waals surface area (Å²) in [5.74, 6) is -0.478. The Labute approximate surface area is 183 Å². The molecule has 1 spiro atoms. The molecule has 1 unspecified atom stereocenters. The molecule has 2 fully saturated rings. The second kappa shape index (κ2) is 8.60. The van der Waals surface area contributed by atoms with Crippen molar-refractivity contribution in [1.82, 2.24) is 10.2 Å². The lowest BCUT2D eigenvalue weighted by molar-refractivity contribution is -0.125. The number of hydrogen-bond acceptors (Lipinski definition) is 4. The summed E-state index contributed by atoms with van der Waals surface area (Å²) in [6.07, 6.45) is 2.15. The van der Waals surface area contributed by atoms with Gasteiger partial charge in [0.2, 0.25) is 5.91 Å². The zero-order valence-corrected chi connectivity index (χ0v) is 18.1. The number of halogens is 1. The number of amides is 2. The van der Waals surface area contributed by atoms with E-state index in [2.05, 4.69) is 21.2 Å². The fraction of sp³-hybridized carbons (Fsp3) is 0.348. The smallest absolute Gasteiger partial charge is 0.410 e. The Bertz CT molecular complexity index is 941. The number of likely N-dealkylation sites (tertiary alicyclic amines) is 1. The van der Waals surface area contributed by atoms with Gasteiger partial charge in [-0.25, -0.2) is 4.79 Å². The third-order valence-electron chi connectivity index (χ3n) is 5.80. The van der Waals surface area contributed by atoms with E-state index in [-0.39, 0.29) is 30.3 Å². The summed E-state index contributed by atoms with van der Waals surface area (Å²) in [5.41, 5.74) is 1.46. The first-order chi connectivity index (χ1) is 14.5. The molecule has 1 aliphatic carbocycles. The molecular weight excluding hydrogens is 448 g/mol. The van der Waals surface area contributed by atoms with Crippen LogP contribution in [-0.2, 0) is 16.1 Å². The number of nitrogens with zero attached hydrogens (tertiary/aromatic N) is 1. The summed E-state index contributed by atoms with van der Waals surface area (Å²) in [5, 5.41) is 2.71. The molecule has 1 saturated heterocycles. The third kappa shape index (κ3) is 4.73. The van der Waals surface area contributed by atoms with E-state index in [9.17, 15) is 14.4 Å². The molecule has 0 radical (unpaired) electrons. The number of nitrogens with one attached hydrogen (secondary N) is 1. The lowest BCUT2D eigenvalue weighted by atomic mass is 10.0.